The molecule has 5 nitrogen and oxygen atoms in total. The molecule has 1 saturated heterocycles. The second-order valence-electron chi connectivity index (χ2n) is 5.69. The van der Waals surface area contributed by atoms with Crippen LogP contribution in [0.1, 0.15) is 10.4 Å². The summed E-state index contributed by atoms with van der Waals surface area (Å²) >= 11 is 1.55. The summed E-state index contributed by atoms with van der Waals surface area (Å²) in [4.78, 5) is 10.0. The van der Waals surface area contributed by atoms with Gasteiger partial charge in [-0.3, -0.25) is 9.80 Å². The van der Waals surface area contributed by atoms with Crippen molar-refractivity contribution in [1.29, 1.82) is 0 Å². The summed E-state index contributed by atoms with van der Waals surface area (Å²) < 4.78 is 18.7. The minimum absolute atomic E-state index is 0. The van der Waals surface area contributed by atoms with Crippen LogP contribution in [0.5, 0.6) is 5.75 Å². The van der Waals surface area contributed by atoms with Crippen molar-refractivity contribution in [3.05, 3.63) is 40.7 Å². The van der Waals surface area contributed by atoms with Crippen LogP contribution >= 0.6 is 23.7 Å². The third kappa shape index (κ3) is 4.80. The molecule has 1 aliphatic heterocycles. The number of aromatic nitrogens is 1. The quantitative estimate of drug-likeness (QED) is 0.874. The maximum Gasteiger partial charge on any atom is 0.180 e. The lowest BCUT2D eigenvalue weighted by atomic mass is 10.2. The Hall–Kier alpha value is -1.41. The summed E-state index contributed by atoms with van der Waals surface area (Å²) in [5.41, 5.74) is 6.64. The predicted octanol–water partition coefficient (Wildman–Crippen LogP) is 2.61. The molecule has 1 aliphatic rings. The van der Waals surface area contributed by atoms with Gasteiger partial charge in [0.05, 0.1) is 7.11 Å². The highest BCUT2D eigenvalue weighted by molar-refractivity contribution is 7.15. The molecule has 0 saturated carbocycles. The lowest BCUT2D eigenvalue weighted by molar-refractivity contribution is 0.122. The highest BCUT2D eigenvalue weighted by Gasteiger charge is 2.18. The van der Waals surface area contributed by atoms with E-state index in [-0.39, 0.29) is 18.2 Å². The lowest BCUT2D eigenvalue weighted by Crippen LogP contribution is -2.45. The molecule has 3 rings (SSSR count). The number of halogens is 2. The smallest absolute Gasteiger partial charge is 0.180 e. The zero-order chi connectivity index (χ0) is 16.2. The van der Waals surface area contributed by atoms with Crippen molar-refractivity contribution in [1.82, 2.24) is 14.8 Å². The van der Waals surface area contributed by atoms with Gasteiger partial charge >= 0.3 is 0 Å². The molecule has 1 aromatic heterocycles. The van der Waals surface area contributed by atoms with Crippen LogP contribution in [0.25, 0.3) is 0 Å². The fourth-order valence-corrected chi connectivity index (χ4v) is 3.51. The summed E-state index contributed by atoms with van der Waals surface area (Å²) in [5, 5.41) is 0.625. The van der Waals surface area contributed by atoms with Crippen molar-refractivity contribution in [2.75, 3.05) is 39.0 Å². The Kier molecular flexibility index (Phi) is 6.79. The van der Waals surface area contributed by atoms with Crippen molar-refractivity contribution < 1.29 is 9.13 Å². The van der Waals surface area contributed by atoms with E-state index in [2.05, 4.69) is 14.8 Å². The van der Waals surface area contributed by atoms with E-state index in [1.165, 1.54) is 12.0 Å². The molecular weight excluding hydrogens is 351 g/mol. The molecule has 0 unspecified atom stereocenters. The van der Waals surface area contributed by atoms with Crippen LogP contribution in [0, 0.1) is 5.82 Å². The van der Waals surface area contributed by atoms with Crippen LogP contribution in [0.4, 0.5) is 9.52 Å². The average molecular weight is 373 g/mol. The monoisotopic (exact) mass is 372 g/mol. The van der Waals surface area contributed by atoms with E-state index in [1.807, 2.05) is 12.3 Å². The maximum absolute atomic E-state index is 13.7. The molecule has 1 fully saturated rings. The van der Waals surface area contributed by atoms with Gasteiger partial charge in [-0.05, 0) is 17.7 Å². The second kappa shape index (κ2) is 8.62. The van der Waals surface area contributed by atoms with Crippen molar-refractivity contribution in [2.24, 2.45) is 0 Å². The van der Waals surface area contributed by atoms with Crippen LogP contribution in [-0.2, 0) is 13.1 Å². The first-order valence-corrected chi connectivity index (χ1v) is 8.43. The number of rotatable bonds is 5. The molecule has 1 aromatic carbocycles. The van der Waals surface area contributed by atoms with E-state index in [0.29, 0.717) is 10.9 Å². The van der Waals surface area contributed by atoms with Crippen LogP contribution in [0.3, 0.4) is 0 Å². The van der Waals surface area contributed by atoms with Gasteiger partial charge < -0.3 is 10.5 Å². The Balaban J connectivity index is 0.00000208. The number of hydrogen-bond donors (Lipinski definition) is 1. The minimum atomic E-state index is -0.300. The van der Waals surface area contributed by atoms with E-state index >= 15 is 0 Å². The highest BCUT2D eigenvalue weighted by atomic mass is 35.5. The zero-order valence-electron chi connectivity index (χ0n) is 13.6. The first kappa shape index (κ1) is 18.9. The molecule has 2 heterocycles. The molecule has 24 heavy (non-hydrogen) atoms. The number of piperazine rings is 1. The third-order valence-corrected chi connectivity index (χ3v) is 4.85. The number of ether oxygens (including phenoxy) is 1. The Morgan fingerprint density at radius 1 is 1.21 bits per heavy atom. The number of anilines is 1. The topological polar surface area (TPSA) is 54.6 Å². The van der Waals surface area contributed by atoms with Gasteiger partial charge in [0.15, 0.2) is 16.7 Å². The molecule has 0 aliphatic carbocycles. The zero-order valence-corrected chi connectivity index (χ0v) is 15.2. The van der Waals surface area contributed by atoms with E-state index in [0.717, 1.165) is 44.8 Å². The number of nitrogens with two attached hydrogens (primary N) is 1. The normalized spacial score (nSPS) is 15.9. The standard InChI is InChI=1S/C16H21FN4OS.ClH/c1-22-15-3-2-12(8-14(15)17)10-20-4-6-21(7-5-20)11-13-9-19-16(18)23-13;/h2-3,8-9H,4-7,10-11H2,1H3,(H2,18,19);1H. The molecule has 2 N–H and O–H groups in total. The van der Waals surface area contributed by atoms with Crippen molar-refractivity contribution in [3.63, 3.8) is 0 Å². The molecule has 8 heteroatoms. The van der Waals surface area contributed by atoms with Gasteiger partial charge in [-0.2, -0.15) is 0 Å². The minimum Gasteiger partial charge on any atom is -0.494 e. The molecule has 0 bridgehead atoms. The number of hydrogen-bond acceptors (Lipinski definition) is 6. The molecule has 0 amide bonds. The summed E-state index contributed by atoms with van der Waals surface area (Å²) in [5.74, 6) is -0.00572. The Labute approximate surface area is 151 Å². The van der Waals surface area contributed by atoms with Crippen LogP contribution in [0.2, 0.25) is 0 Å². The van der Waals surface area contributed by atoms with Gasteiger partial charge in [0.1, 0.15) is 0 Å². The van der Waals surface area contributed by atoms with Crippen molar-refractivity contribution in [2.45, 2.75) is 13.1 Å². The van der Waals surface area contributed by atoms with Gasteiger partial charge in [0, 0.05) is 50.3 Å². The van der Waals surface area contributed by atoms with Gasteiger partial charge in [-0.15, -0.1) is 23.7 Å². The number of nitrogen functional groups attached to an aromatic ring is 1. The fraction of sp³-hybridized carbons (Fsp3) is 0.438. The van der Waals surface area contributed by atoms with Crippen LogP contribution < -0.4 is 10.5 Å². The summed E-state index contributed by atoms with van der Waals surface area (Å²) in [6, 6.07) is 5.18. The lowest BCUT2D eigenvalue weighted by Gasteiger charge is -2.34. The van der Waals surface area contributed by atoms with Crippen molar-refractivity contribution in [3.8, 4) is 5.75 Å². The van der Waals surface area contributed by atoms with Crippen LogP contribution in [0.15, 0.2) is 24.4 Å². The van der Waals surface area contributed by atoms with Gasteiger partial charge in [-0.25, -0.2) is 9.37 Å². The van der Waals surface area contributed by atoms with E-state index in [4.69, 9.17) is 10.5 Å². The first-order valence-electron chi connectivity index (χ1n) is 7.61. The number of thiazole rings is 1. The van der Waals surface area contributed by atoms with Gasteiger partial charge in [0.2, 0.25) is 0 Å². The molecule has 2 aromatic rings. The Morgan fingerprint density at radius 3 is 2.42 bits per heavy atom. The number of benzene rings is 1. The molecule has 132 valence electrons. The predicted molar refractivity (Wildman–Crippen MR) is 97.3 cm³/mol. The van der Waals surface area contributed by atoms with E-state index < -0.39 is 0 Å². The summed E-state index contributed by atoms with van der Waals surface area (Å²) in [6.45, 7) is 5.61. The molecular formula is C16H22ClFN4OS. The van der Waals surface area contributed by atoms with Crippen molar-refractivity contribution >= 4 is 28.9 Å². The first-order chi connectivity index (χ1) is 11.1. The number of nitrogens with zero attached hydrogens (tertiary/aromatic N) is 3. The Bertz CT molecular complexity index is 661. The molecule has 0 radical (unpaired) electrons. The SMILES string of the molecule is COc1ccc(CN2CCN(Cc3cnc(N)s3)CC2)cc1F.Cl. The highest BCUT2D eigenvalue weighted by Crippen LogP contribution is 2.20. The molecule has 0 spiro atoms. The average Bonchev–Trinajstić information content (AvgIpc) is 2.95. The fourth-order valence-electron chi connectivity index (χ4n) is 2.79. The maximum atomic E-state index is 13.7. The largest absolute Gasteiger partial charge is 0.494 e. The Morgan fingerprint density at radius 2 is 1.88 bits per heavy atom. The molecule has 0 atom stereocenters. The van der Waals surface area contributed by atoms with Crippen LogP contribution in [-0.4, -0.2) is 48.1 Å². The van der Waals surface area contributed by atoms with E-state index in [9.17, 15) is 4.39 Å². The third-order valence-electron chi connectivity index (χ3n) is 4.04. The van der Waals surface area contributed by atoms with E-state index in [1.54, 1.807) is 23.5 Å². The number of methoxy groups -OCH3 is 1. The van der Waals surface area contributed by atoms with Gasteiger partial charge in [-0.1, -0.05) is 6.07 Å². The second-order valence-corrected chi connectivity index (χ2v) is 6.83. The summed E-state index contributed by atoms with van der Waals surface area (Å²) in [7, 11) is 1.48. The van der Waals surface area contributed by atoms with Gasteiger partial charge in [0.25, 0.3) is 0 Å². The summed E-state index contributed by atoms with van der Waals surface area (Å²) in [6.07, 6.45) is 1.85.